The van der Waals surface area contributed by atoms with E-state index in [-0.39, 0.29) is 0 Å². The van der Waals surface area contributed by atoms with Crippen molar-refractivity contribution in [2.24, 2.45) is 12.0 Å². The lowest BCUT2D eigenvalue weighted by atomic mass is 10.2. The highest BCUT2D eigenvalue weighted by atomic mass is 16.5. The molecule has 0 atom stereocenters. The van der Waals surface area contributed by atoms with Gasteiger partial charge in [-0.3, -0.25) is 0 Å². The molecule has 0 bridgehead atoms. The number of aliphatic imine (C=N–C) groups is 1. The van der Waals surface area contributed by atoms with E-state index in [0.29, 0.717) is 6.54 Å². The third kappa shape index (κ3) is 5.32. The maximum Gasteiger partial charge on any atom is 0.191 e. The van der Waals surface area contributed by atoms with Crippen LogP contribution in [0, 0.1) is 6.92 Å². The first kappa shape index (κ1) is 19.9. The van der Waals surface area contributed by atoms with Gasteiger partial charge in [0.2, 0.25) is 0 Å². The van der Waals surface area contributed by atoms with Crippen LogP contribution in [0.4, 0.5) is 0 Å². The van der Waals surface area contributed by atoms with Gasteiger partial charge in [0, 0.05) is 51.5 Å². The Morgan fingerprint density at radius 2 is 2.04 bits per heavy atom. The van der Waals surface area contributed by atoms with Crippen LogP contribution in [0.5, 0.6) is 0 Å². The van der Waals surface area contributed by atoms with Crippen LogP contribution in [0.3, 0.4) is 0 Å². The monoisotopic (exact) mass is 383 g/mol. The van der Waals surface area contributed by atoms with Gasteiger partial charge in [0.1, 0.15) is 12.4 Å². The zero-order valence-corrected chi connectivity index (χ0v) is 16.8. The third-order valence-corrected chi connectivity index (χ3v) is 4.65. The van der Waals surface area contributed by atoms with Crippen molar-refractivity contribution in [1.29, 1.82) is 0 Å². The molecule has 0 radical (unpaired) electrons. The molecule has 150 valence electrons. The number of aromatic amines is 1. The topological polar surface area (TPSA) is 92.2 Å². The Balaban J connectivity index is 1.57. The Bertz CT molecular complexity index is 879. The van der Waals surface area contributed by atoms with Crippen molar-refractivity contribution < 1.29 is 4.74 Å². The standard InChI is InChI=1S/C20H29N7O/c1-15-25-26-19(27(15)2)14-23-20(21-10-6-12-28-3)22-11-9-17-13-16-7-4-5-8-18(16)24-17/h4-5,7-8,13,24H,6,9-12,14H2,1-3H3,(H2,21,22,23). The van der Waals surface area contributed by atoms with Crippen LogP contribution in [-0.4, -0.2) is 52.5 Å². The van der Waals surface area contributed by atoms with Gasteiger partial charge in [-0.05, 0) is 30.9 Å². The Labute approximate surface area is 165 Å². The van der Waals surface area contributed by atoms with Gasteiger partial charge in [-0.1, -0.05) is 18.2 Å². The summed E-state index contributed by atoms with van der Waals surface area (Å²) in [6, 6.07) is 10.5. The molecule has 0 fully saturated rings. The summed E-state index contributed by atoms with van der Waals surface area (Å²) in [5, 5.41) is 16.3. The van der Waals surface area contributed by atoms with Crippen LogP contribution >= 0.6 is 0 Å². The van der Waals surface area contributed by atoms with E-state index in [2.05, 4.69) is 55.1 Å². The fourth-order valence-electron chi connectivity index (χ4n) is 2.92. The summed E-state index contributed by atoms with van der Waals surface area (Å²) in [6.07, 6.45) is 1.80. The fraction of sp³-hybridized carbons (Fsp3) is 0.450. The van der Waals surface area contributed by atoms with E-state index in [1.165, 1.54) is 16.6 Å². The molecule has 28 heavy (non-hydrogen) atoms. The van der Waals surface area contributed by atoms with Gasteiger partial charge >= 0.3 is 0 Å². The molecule has 0 unspecified atom stereocenters. The molecule has 0 aliphatic carbocycles. The predicted molar refractivity (Wildman–Crippen MR) is 111 cm³/mol. The largest absolute Gasteiger partial charge is 0.385 e. The lowest BCUT2D eigenvalue weighted by molar-refractivity contribution is 0.195. The average Bonchev–Trinajstić information content (AvgIpc) is 3.26. The number of rotatable bonds is 9. The summed E-state index contributed by atoms with van der Waals surface area (Å²) in [6.45, 7) is 4.70. The quantitative estimate of drug-likeness (QED) is 0.298. The molecule has 0 saturated carbocycles. The van der Waals surface area contributed by atoms with Gasteiger partial charge in [-0.25, -0.2) is 4.99 Å². The number of aromatic nitrogens is 4. The number of hydrogen-bond acceptors (Lipinski definition) is 4. The maximum atomic E-state index is 5.11. The summed E-state index contributed by atoms with van der Waals surface area (Å²) in [4.78, 5) is 8.12. The van der Waals surface area contributed by atoms with Crippen molar-refractivity contribution in [2.45, 2.75) is 26.3 Å². The van der Waals surface area contributed by atoms with Crippen molar-refractivity contribution in [2.75, 3.05) is 26.8 Å². The molecule has 1 aromatic carbocycles. The van der Waals surface area contributed by atoms with E-state index in [4.69, 9.17) is 4.74 Å². The van der Waals surface area contributed by atoms with Crippen molar-refractivity contribution in [1.82, 2.24) is 30.4 Å². The Morgan fingerprint density at radius 1 is 1.21 bits per heavy atom. The Morgan fingerprint density at radius 3 is 2.79 bits per heavy atom. The first-order valence-corrected chi connectivity index (χ1v) is 9.60. The van der Waals surface area contributed by atoms with Crippen LogP contribution < -0.4 is 10.6 Å². The fourth-order valence-corrected chi connectivity index (χ4v) is 2.92. The Hall–Kier alpha value is -2.87. The number of aryl methyl sites for hydroxylation is 1. The smallest absolute Gasteiger partial charge is 0.191 e. The zero-order valence-electron chi connectivity index (χ0n) is 16.8. The van der Waals surface area contributed by atoms with Gasteiger partial charge in [-0.2, -0.15) is 0 Å². The molecule has 0 aliphatic heterocycles. The van der Waals surface area contributed by atoms with Gasteiger partial charge in [0.05, 0.1) is 0 Å². The summed E-state index contributed by atoms with van der Waals surface area (Å²) in [7, 11) is 3.67. The second-order valence-electron chi connectivity index (χ2n) is 6.72. The Kier molecular flexibility index (Phi) is 7.02. The van der Waals surface area contributed by atoms with Crippen LogP contribution in [0.15, 0.2) is 35.3 Å². The van der Waals surface area contributed by atoms with Crippen LogP contribution in [-0.2, 0) is 24.8 Å². The second kappa shape index (κ2) is 9.89. The van der Waals surface area contributed by atoms with E-state index in [9.17, 15) is 0 Å². The molecule has 0 saturated heterocycles. The minimum absolute atomic E-state index is 0.476. The molecule has 2 heterocycles. The highest BCUT2D eigenvalue weighted by Gasteiger charge is 2.06. The average molecular weight is 384 g/mol. The summed E-state index contributed by atoms with van der Waals surface area (Å²) in [5.41, 5.74) is 2.37. The molecule has 8 heteroatoms. The predicted octanol–water partition coefficient (Wildman–Crippen LogP) is 1.92. The van der Waals surface area contributed by atoms with Gasteiger partial charge < -0.3 is 24.9 Å². The summed E-state index contributed by atoms with van der Waals surface area (Å²) >= 11 is 0. The van der Waals surface area contributed by atoms with Crippen LogP contribution in [0.1, 0.15) is 23.8 Å². The molecule has 2 aromatic heterocycles. The molecule has 3 rings (SSSR count). The highest BCUT2D eigenvalue weighted by molar-refractivity contribution is 5.81. The van der Waals surface area contributed by atoms with Crippen molar-refractivity contribution in [3.8, 4) is 0 Å². The van der Waals surface area contributed by atoms with E-state index < -0.39 is 0 Å². The number of H-pyrrole nitrogens is 1. The lowest BCUT2D eigenvalue weighted by Gasteiger charge is -2.12. The number of para-hydroxylation sites is 1. The first-order valence-electron chi connectivity index (χ1n) is 9.60. The van der Waals surface area contributed by atoms with Gasteiger partial charge in [-0.15, -0.1) is 10.2 Å². The SMILES string of the molecule is COCCCNC(=NCc1nnc(C)n1C)NCCc1cc2ccccc2[nH]1. The van der Waals surface area contributed by atoms with Crippen molar-refractivity contribution in [3.05, 3.63) is 47.7 Å². The zero-order chi connectivity index (χ0) is 19.8. The normalized spacial score (nSPS) is 11.9. The minimum Gasteiger partial charge on any atom is -0.385 e. The number of hydrogen-bond donors (Lipinski definition) is 3. The van der Waals surface area contributed by atoms with Crippen LogP contribution in [0.2, 0.25) is 0 Å². The summed E-state index contributed by atoms with van der Waals surface area (Å²) < 4.78 is 7.07. The number of guanidine groups is 1. The van der Waals surface area contributed by atoms with E-state index in [1.54, 1.807) is 7.11 Å². The number of ether oxygens (including phenoxy) is 1. The molecule has 3 aromatic rings. The first-order chi connectivity index (χ1) is 13.7. The number of nitrogens with zero attached hydrogens (tertiary/aromatic N) is 4. The lowest BCUT2D eigenvalue weighted by Crippen LogP contribution is -2.39. The summed E-state index contributed by atoms with van der Waals surface area (Å²) in [5.74, 6) is 2.49. The van der Waals surface area contributed by atoms with Crippen LogP contribution in [0.25, 0.3) is 10.9 Å². The number of nitrogens with one attached hydrogen (secondary N) is 3. The number of benzene rings is 1. The minimum atomic E-state index is 0.476. The van der Waals surface area contributed by atoms with E-state index in [0.717, 1.165) is 50.1 Å². The maximum absolute atomic E-state index is 5.11. The molecule has 8 nitrogen and oxygen atoms in total. The van der Waals surface area contributed by atoms with Crippen molar-refractivity contribution in [3.63, 3.8) is 0 Å². The second-order valence-corrected chi connectivity index (χ2v) is 6.72. The van der Waals surface area contributed by atoms with E-state index in [1.807, 2.05) is 24.6 Å². The molecular weight excluding hydrogens is 354 g/mol. The third-order valence-electron chi connectivity index (χ3n) is 4.65. The van der Waals surface area contributed by atoms with Crippen molar-refractivity contribution >= 4 is 16.9 Å². The molecule has 0 spiro atoms. The molecular formula is C20H29N7O. The molecule has 0 aliphatic rings. The highest BCUT2D eigenvalue weighted by Crippen LogP contribution is 2.14. The van der Waals surface area contributed by atoms with Gasteiger partial charge in [0.25, 0.3) is 0 Å². The number of fused-ring (bicyclic) bond motifs is 1. The molecule has 0 amide bonds. The number of methoxy groups -OCH3 is 1. The van der Waals surface area contributed by atoms with Gasteiger partial charge in [0.15, 0.2) is 11.8 Å². The molecule has 3 N–H and O–H groups in total. The van der Waals surface area contributed by atoms with E-state index >= 15 is 0 Å².